The minimum Gasteiger partial charge on any atom is -0.491 e. The molecule has 0 heterocycles. The Morgan fingerprint density at radius 3 is 2.58 bits per heavy atom. The molecule has 0 bridgehead atoms. The lowest BCUT2D eigenvalue weighted by Gasteiger charge is -2.27. The average Bonchev–Trinajstić information content (AvgIpc) is 2.61. The van der Waals surface area contributed by atoms with Crippen LogP contribution in [0.2, 0.25) is 0 Å². The summed E-state index contributed by atoms with van der Waals surface area (Å²) in [6, 6.07) is 10.3. The van der Waals surface area contributed by atoms with Gasteiger partial charge in [-0.05, 0) is 50.7 Å². The van der Waals surface area contributed by atoms with Crippen LogP contribution >= 0.6 is 0 Å². The summed E-state index contributed by atoms with van der Waals surface area (Å²) in [5.74, 6) is -1.33. The number of hydrogen-bond donors (Lipinski definition) is 1. The Labute approximate surface area is 152 Å². The van der Waals surface area contributed by atoms with E-state index in [4.69, 9.17) is 4.74 Å². The summed E-state index contributed by atoms with van der Waals surface area (Å²) < 4.78 is 32.0. The Kier molecular flexibility index (Phi) is 6.83. The summed E-state index contributed by atoms with van der Waals surface area (Å²) in [7, 11) is 1.78. The highest BCUT2D eigenvalue weighted by Crippen LogP contribution is 2.21. The number of halogens is 2. The van der Waals surface area contributed by atoms with Gasteiger partial charge in [-0.3, -0.25) is 9.69 Å². The first kappa shape index (κ1) is 20.0. The van der Waals surface area contributed by atoms with E-state index >= 15 is 0 Å². The third-order valence-corrected chi connectivity index (χ3v) is 4.27. The van der Waals surface area contributed by atoms with Crippen LogP contribution in [0.5, 0.6) is 5.75 Å². The zero-order valence-electron chi connectivity index (χ0n) is 15.1. The van der Waals surface area contributed by atoms with Crippen molar-refractivity contribution in [3.63, 3.8) is 0 Å². The Morgan fingerprint density at radius 2 is 1.92 bits per heavy atom. The number of carbonyl (C=O) groups excluding carboxylic acids is 1. The second kappa shape index (κ2) is 8.87. The van der Waals surface area contributed by atoms with Crippen molar-refractivity contribution in [1.29, 1.82) is 0 Å². The molecular formula is C20H23F2NO3. The molecule has 2 rings (SSSR count). The first-order chi connectivity index (χ1) is 12.3. The van der Waals surface area contributed by atoms with E-state index in [0.717, 1.165) is 12.1 Å². The zero-order valence-corrected chi connectivity index (χ0v) is 15.1. The van der Waals surface area contributed by atoms with Crippen LogP contribution in [0.3, 0.4) is 0 Å². The molecule has 2 atom stereocenters. The van der Waals surface area contributed by atoms with E-state index in [0.29, 0.717) is 16.9 Å². The number of ether oxygens (including phenoxy) is 1. The number of rotatable bonds is 8. The molecule has 0 amide bonds. The first-order valence-corrected chi connectivity index (χ1v) is 8.35. The molecule has 0 saturated carbocycles. The van der Waals surface area contributed by atoms with Crippen molar-refractivity contribution in [2.75, 3.05) is 20.2 Å². The van der Waals surface area contributed by atoms with E-state index in [9.17, 15) is 18.7 Å². The van der Waals surface area contributed by atoms with Gasteiger partial charge in [0.1, 0.15) is 18.5 Å². The van der Waals surface area contributed by atoms with Gasteiger partial charge in [-0.2, -0.15) is 0 Å². The quantitative estimate of drug-likeness (QED) is 0.728. The van der Waals surface area contributed by atoms with Crippen molar-refractivity contribution in [3.05, 3.63) is 65.2 Å². The molecule has 0 radical (unpaired) electrons. The average molecular weight is 363 g/mol. The molecular weight excluding hydrogens is 340 g/mol. The van der Waals surface area contributed by atoms with E-state index in [-0.39, 0.29) is 25.0 Å². The minimum absolute atomic E-state index is 0.0518. The number of hydrogen-bond acceptors (Lipinski definition) is 4. The largest absolute Gasteiger partial charge is 0.491 e. The maximum absolute atomic E-state index is 13.4. The highest BCUT2D eigenvalue weighted by atomic mass is 19.2. The van der Waals surface area contributed by atoms with Gasteiger partial charge in [-0.15, -0.1) is 0 Å². The molecule has 0 aliphatic carbocycles. The monoisotopic (exact) mass is 363 g/mol. The molecule has 0 aromatic heterocycles. The van der Waals surface area contributed by atoms with E-state index in [1.807, 2.05) is 11.8 Å². The molecule has 0 spiro atoms. The number of ketones is 1. The van der Waals surface area contributed by atoms with Crippen molar-refractivity contribution in [3.8, 4) is 5.75 Å². The lowest BCUT2D eigenvalue weighted by Crippen LogP contribution is -2.34. The van der Waals surface area contributed by atoms with Gasteiger partial charge in [-0.25, -0.2) is 8.78 Å². The van der Waals surface area contributed by atoms with Gasteiger partial charge in [0.15, 0.2) is 17.4 Å². The molecule has 0 aliphatic heterocycles. The molecule has 0 unspecified atom stereocenters. The lowest BCUT2D eigenvalue weighted by atomic mass is 10.1. The zero-order chi connectivity index (χ0) is 19.3. The van der Waals surface area contributed by atoms with Gasteiger partial charge in [0, 0.05) is 18.2 Å². The second-order valence-corrected chi connectivity index (χ2v) is 6.34. The second-order valence-electron chi connectivity index (χ2n) is 6.34. The molecule has 1 N–H and O–H groups in total. The van der Waals surface area contributed by atoms with E-state index in [1.165, 1.54) is 13.0 Å². The normalized spacial score (nSPS) is 13.5. The van der Waals surface area contributed by atoms with Gasteiger partial charge in [0.25, 0.3) is 0 Å². The fraction of sp³-hybridized carbons (Fsp3) is 0.350. The number of Topliss-reactive ketones (excluding diaryl/α,β-unsaturated/α-hetero) is 1. The van der Waals surface area contributed by atoms with Gasteiger partial charge in [0.2, 0.25) is 0 Å². The summed E-state index contributed by atoms with van der Waals surface area (Å²) >= 11 is 0. The fourth-order valence-corrected chi connectivity index (χ4v) is 2.57. The Bertz CT molecular complexity index is 766. The van der Waals surface area contributed by atoms with Crippen molar-refractivity contribution in [2.24, 2.45) is 0 Å². The topological polar surface area (TPSA) is 49.8 Å². The third kappa shape index (κ3) is 5.34. The van der Waals surface area contributed by atoms with E-state index in [2.05, 4.69) is 0 Å². The maximum atomic E-state index is 13.4. The summed E-state index contributed by atoms with van der Waals surface area (Å²) in [6.45, 7) is 3.65. The Hall–Kier alpha value is -2.31. The Balaban J connectivity index is 1.90. The number of carbonyl (C=O) groups is 1. The van der Waals surface area contributed by atoms with E-state index in [1.54, 1.807) is 31.3 Å². The number of nitrogens with zero attached hydrogens (tertiary/aromatic N) is 1. The van der Waals surface area contributed by atoms with Gasteiger partial charge < -0.3 is 9.84 Å². The van der Waals surface area contributed by atoms with Crippen molar-refractivity contribution in [1.82, 2.24) is 4.90 Å². The summed E-state index contributed by atoms with van der Waals surface area (Å²) in [6.07, 6.45) is -0.784. The first-order valence-electron chi connectivity index (χ1n) is 8.35. The van der Waals surface area contributed by atoms with Crippen LogP contribution in [-0.2, 0) is 0 Å². The van der Waals surface area contributed by atoms with Gasteiger partial charge in [0.05, 0.1) is 0 Å². The van der Waals surface area contributed by atoms with Crippen molar-refractivity contribution in [2.45, 2.75) is 26.0 Å². The van der Waals surface area contributed by atoms with Gasteiger partial charge in [-0.1, -0.05) is 18.2 Å². The molecule has 0 aliphatic rings. The van der Waals surface area contributed by atoms with Crippen LogP contribution in [-0.4, -0.2) is 42.1 Å². The van der Waals surface area contributed by atoms with Crippen LogP contribution in [0.4, 0.5) is 8.78 Å². The molecule has 4 nitrogen and oxygen atoms in total. The van der Waals surface area contributed by atoms with Crippen LogP contribution < -0.4 is 4.74 Å². The SMILES string of the molecule is CC(=O)c1cccc(OC[C@@H](O)CN(C)[C@H](C)c2ccc(F)c(F)c2)c1. The molecule has 0 saturated heterocycles. The Morgan fingerprint density at radius 1 is 1.19 bits per heavy atom. The highest BCUT2D eigenvalue weighted by molar-refractivity contribution is 5.94. The fourth-order valence-electron chi connectivity index (χ4n) is 2.57. The number of benzene rings is 2. The van der Waals surface area contributed by atoms with Crippen LogP contribution in [0, 0.1) is 11.6 Å². The number of aliphatic hydroxyl groups excluding tert-OH is 1. The molecule has 6 heteroatoms. The van der Waals surface area contributed by atoms with Crippen LogP contribution in [0.15, 0.2) is 42.5 Å². The number of aliphatic hydroxyl groups is 1. The number of likely N-dealkylation sites (N-methyl/N-ethyl adjacent to an activating group) is 1. The predicted octanol–water partition coefficient (Wildman–Crippen LogP) is 3.60. The molecule has 26 heavy (non-hydrogen) atoms. The summed E-state index contributed by atoms with van der Waals surface area (Å²) in [5, 5.41) is 10.2. The molecule has 0 fully saturated rings. The smallest absolute Gasteiger partial charge is 0.159 e. The predicted molar refractivity (Wildman–Crippen MR) is 95.4 cm³/mol. The van der Waals surface area contributed by atoms with Crippen LogP contribution in [0.1, 0.15) is 35.8 Å². The third-order valence-electron chi connectivity index (χ3n) is 4.27. The highest BCUT2D eigenvalue weighted by Gasteiger charge is 2.17. The maximum Gasteiger partial charge on any atom is 0.159 e. The minimum atomic E-state index is -0.892. The van der Waals surface area contributed by atoms with Gasteiger partial charge >= 0.3 is 0 Å². The van der Waals surface area contributed by atoms with Crippen molar-refractivity contribution < 1.29 is 23.4 Å². The standard InChI is InChI=1S/C20H23F2NO3/c1-13(15-7-8-19(21)20(22)10-15)23(3)11-17(25)12-26-18-6-4-5-16(9-18)14(2)24/h4-10,13,17,25H,11-12H2,1-3H3/t13-,17+/m1/s1. The summed E-state index contributed by atoms with van der Waals surface area (Å²) in [4.78, 5) is 13.2. The molecule has 2 aromatic rings. The molecule has 2 aromatic carbocycles. The summed E-state index contributed by atoms with van der Waals surface area (Å²) in [5.41, 5.74) is 1.16. The molecule has 140 valence electrons. The lowest BCUT2D eigenvalue weighted by molar-refractivity contribution is 0.0653. The van der Waals surface area contributed by atoms with Crippen molar-refractivity contribution >= 4 is 5.78 Å². The van der Waals surface area contributed by atoms with Crippen LogP contribution in [0.25, 0.3) is 0 Å². The van der Waals surface area contributed by atoms with E-state index < -0.39 is 17.7 Å².